The molecule has 3 nitrogen and oxygen atoms in total. The summed E-state index contributed by atoms with van der Waals surface area (Å²) in [6.07, 6.45) is 0.395. The molecule has 0 radical (unpaired) electrons. The van der Waals surface area contributed by atoms with Crippen molar-refractivity contribution < 1.29 is 14.6 Å². The maximum atomic E-state index is 11.3. The molecule has 0 aliphatic carbocycles. The van der Waals surface area contributed by atoms with Crippen LogP contribution in [0.3, 0.4) is 0 Å². The highest BCUT2D eigenvalue weighted by Gasteiger charge is 2.14. The molecule has 0 heterocycles. The number of aliphatic hydroxyl groups is 1. The van der Waals surface area contributed by atoms with E-state index < -0.39 is 6.10 Å². The van der Waals surface area contributed by atoms with Gasteiger partial charge in [0, 0.05) is 22.0 Å². The van der Waals surface area contributed by atoms with Gasteiger partial charge in [0.15, 0.2) is 0 Å². The van der Waals surface area contributed by atoms with Crippen LogP contribution in [0.15, 0.2) is 18.2 Å². The Morgan fingerprint density at radius 2 is 2.17 bits per heavy atom. The number of benzene rings is 1. The molecule has 18 heavy (non-hydrogen) atoms. The summed E-state index contributed by atoms with van der Waals surface area (Å²) in [6, 6.07) is 4.87. The molecule has 0 bridgehead atoms. The molecule has 1 unspecified atom stereocenters. The fourth-order valence-corrected chi connectivity index (χ4v) is 1.89. The first-order valence-electron chi connectivity index (χ1n) is 5.83. The molecule has 0 fully saturated rings. The van der Waals surface area contributed by atoms with E-state index in [2.05, 4.69) is 0 Å². The molecule has 0 spiro atoms. The summed E-state index contributed by atoms with van der Waals surface area (Å²) in [7, 11) is 0. The average molecular weight is 291 g/mol. The summed E-state index contributed by atoms with van der Waals surface area (Å²) in [5.41, 5.74) is 0.535. The van der Waals surface area contributed by atoms with Crippen molar-refractivity contribution in [3.05, 3.63) is 33.8 Å². The zero-order valence-electron chi connectivity index (χ0n) is 10.2. The number of hydrogen-bond donors (Lipinski definition) is 1. The van der Waals surface area contributed by atoms with Crippen molar-refractivity contribution in [3.8, 4) is 0 Å². The van der Waals surface area contributed by atoms with Crippen LogP contribution in [0.5, 0.6) is 0 Å². The summed E-state index contributed by atoms with van der Waals surface area (Å²) >= 11 is 11.8. The second-order valence-electron chi connectivity index (χ2n) is 3.94. The van der Waals surface area contributed by atoms with Crippen molar-refractivity contribution in [2.45, 2.75) is 32.3 Å². The highest BCUT2D eigenvalue weighted by Crippen LogP contribution is 2.28. The third-order valence-electron chi connectivity index (χ3n) is 2.41. The Morgan fingerprint density at radius 1 is 1.44 bits per heavy atom. The van der Waals surface area contributed by atoms with Gasteiger partial charge in [-0.05, 0) is 31.0 Å². The van der Waals surface area contributed by atoms with Crippen LogP contribution in [0, 0.1) is 0 Å². The lowest BCUT2D eigenvalue weighted by molar-refractivity contribution is -0.144. The smallest absolute Gasteiger partial charge is 0.305 e. The van der Waals surface area contributed by atoms with Gasteiger partial charge in [0.05, 0.1) is 12.7 Å². The fraction of sp³-hybridized carbons (Fsp3) is 0.462. The highest BCUT2D eigenvalue weighted by molar-refractivity contribution is 6.33. The maximum Gasteiger partial charge on any atom is 0.305 e. The lowest BCUT2D eigenvalue weighted by Crippen LogP contribution is -2.08. The zero-order valence-corrected chi connectivity index (χ0v) is 11.7. The van der Waals surface area contributed by atoms with Gasteiger partial charge in [-0.25, -0.2) is 0 Å². The van der Waals surface area contributed by atoms with Crippen LogP contribution >= 0.6 is 23.2 Å². The Labute approximate surface area is 117 Å². The number of hydrogen-bond acceptors (Lipinski definition) is 3. The van der Waals surface area contributed by atoms with Crippen molar-refractivity contribution >= 4 is 29.2 Å². The van der Waals surface area contributed by atoms with E-state index in [1.807, 2.05) is 6.92 Å². The molecule has 0 saturated heterocycles. The third kappa shape index (κ3) is 4.84. The van der Waals surface area contributed by atoms with Gasteiger partial charge >= 0.3 is 5.97 Å². The summed E-state index contributed by atoms with van der Waals surface area (Å²) in [5, 5.41) is 10.9. The lowest BCUT2D eigenvalue weighted by Gasteiger charge is -2.12. The first-order valence-corrected chi connectivity index (χ1v) is 6.58. The molecule has 1 N–H and O–H groups in total. The quantitative estimate of drug-likeness (QED) is 0.812. The number of carbonyl (C=O) groups is 1. The number of carbonyl (C=O) groups excluding carboxylic acids is 1. The van der Waals surface area contributed by atoms with E-state index in [0.717, 1.165) is 6.42 Å². The van der Waals surface area contributed by atoms with Gasteiger partial charge < -0.3 is 9.84 Å². The van der Waals surface area contributed by atoms with Gasteiger partial charge in [-0.15, -0.1) is 0 Å². The van der Waals surface area contributed by atoms with Crippen molar-refractivity contribution in [1.29, 1.82) is 0 Å². The van der Waals surface area contributed by atoms with E-state index in [4.69, 9.17) is 27.9 Å². The minimum Gasteiger partial charge on any atom is -0.466 e. The highest BCUT2D eigenvalue weighted by atomic mass is 35.5. The molecule has 1 atom stereocenters. The van der Waals surface area contributed by atoms with Crippen LogP contribution in [0.1, 0.15) is 37.9 Å². The van der Waals surface area contributed by atoms with Crippen molar-refractivity contribution in [2.24, 2.45) is 0 Å². The van der Waals surface area contributed by atoms with Crippen LogP contribution in [0.25, 0.3) is 0 Å². The largest absolute Gasteiger partial charge is 0.466 e. The molecule has 0 saturated carbocycles. The summed E-state index contributed by atoms with van der Waals surface area (Å²) < 4.78 is 4.92. The molecular weight excluding hydrogens is 275 g/mol. The SMILES string of the molecule is CCCOC(=O)CCC(O)c1cc(Cl)ccc1Cl. The topological polar surface area (TPSA) is 46.5 Å². The molecule has 1 aromatic rings. The Morgan fingerprint density at radius 3 is 2.83 bits per heavy atom. The minimum absolute atomic E-state index is 0.157. The molecule has 0 aliphatic heterocycles. The predicted molar refractivity (Wildman–Crippen MR) is 71.9 cm³/mol. The van der Waals surface area contributed by atoms with E-state index in [1.54, 1.807) is 18.2 Å². The Hall–Kier alpha value is -0.770. The van der Waals surface area contributed by atoms with Crippen molar-refractivity contribution in [3.63, 3.8) is 0 Å². The normalized spacial score (nSPS) is 12.2. The van der Waals surface area contributed by atoms with Gasteiger partial charge in [0.2, 0.25) is 0 Å². The average Bonchev–Trinajstić information content (AvgIpc) is 2.36. The van der Waals surface area contributed by atoms with Gasteiger partial charge in [-0.3, -0.25) is 4.79 Å². The summed E-state index contributed by atoms with van der Waals surface area (Å²) in [5.74, 6) is -0.311. The van der Waals surface area contributed by atoms with Crippen molar-refractivity contribution in [1.82, 2.24) is 0 Å². The monoisotopic (exact) mass is 290 g/mol. The van der Waals surface area contributed by atoms with E-state index in [9.17, 15) is 9.90 Å². The Bertz CT molecular complexity index is 407. The minimum atomic E-state index is -0.814. The second-order valence-corrected chi connectivity index (χ2v) is 4.78. The number of aliphatic hydroxyl groups excluding tert-OH is 1. The number of halogens is 2. The van der Waals surface area contributed by atoms with E-state index in [-0.39, 0.29) is 18.8 Å². The van der Waals surface area contributed by atoms with Crippen LogP contribution in [0.4, 0.5) is 0 Å². The van der Waals surface area contributed by atoms with Gasteiger partial charge in [0.25, 0.3) is 0 Å². The van der Waals surface area contributed by atoms with Crippen LogP contribution < -0.4 is 0 Å². The van der Waals surface area contributed by atoms with Gasteiger partial charge in [-0.1, -0.05) is 30.1 Å². The summed E-state index contributed by atoms with van der Waals surface area (Å²) in [6.45, 7) is 2.33. The number of rotatable bonds is 6. The van der Waals surface area contributed by atoms with Gasteiger partial charge in [0.1, 0.15) is 0 Å². The Kier molecular flexibility index (Phi) is 6.47. The maximum absolute atomic E-state index is 11.3. The molecular formula is C13H16Cl2O3. The zero-order chi connectivity index (χ0) is 13.5. The van der Waals surface area contributed by atoms with E-state index in [1.165, 1.54) is 0 Å². The first kappa shape index (κ1) is 15.3. The Balaban J connectivity index is 2.52. The van der Waals surface area contributed by atoms with Crippen LogP contribution in [0.2, 0.25) is 10.0 Å². The lowest BCUT2D eigenvalue weighted by atomic mass is 10.1. The fourth-order valence-electron chi connectivity index (χ4n) is 1.47. The molecule has 1 aromatic carbocycles. The molecule has 5 heteroatoms. The first-order chi connectivity index (χ1) is 8.54. The van der Waals surface area contributed by atoms with E-state index in [0.29, 0.717) is 22.2 Å². The standard InChI is InChI=1S/C13H16Cl2O3/c1-2-7-18-13(17)6-5-12(16)10-8-9(14)3-4-11(10)15/h3-4,8,12,16H,2,5-7H2,1H3. The number of ether oxygens (including phenoxy) is 1. The van der Waals surface area contributed by atoms with Crippen LogP contribution in [-0.4, -0.2) is 17.7 Å². The predicted octanol–water partition coefficient (Wildman–Crippen LogP) is 3.76. The second kappa shape index (κ2) is 7.62. The van der Waals surface area contributed by atoms with E-state index >= 15 is 0 Å². The third-order valence-corrected chi connectivity index (χ3v) is 2.99. The summed E-state index contributed by atoms with van der Waals surface area (Å²) in [4.78, 5) is 11.3. The molecule has 1 rings (SSSR count). The molecule has 0 aliphatic rings. The molecule has 0 amide bonds. The van der Waals surface area contributed by atoms with Crippen LogP contribution in [-0.2, 0) is 9.53 Å². The van der Waals surface area contributed by atoms with Crippen molar-refractivity contribution in [2.75, 3.05) is 6.61 Å². The number of esters is 1. The van der Waals surface area contributed by atoms with Gasteiger partial charge in [-0.2, -0.15) is 0 Å². The molecule has 100 valence electrons. The molecule has 0 aromatic heterocycles.